The quantitative estimate of drug-likeness (QED) is 0.634. The first kappa shape index (κ1) is 14.6. The molecule has 0 spiro atoms. The molecule has 0 bridgehead atoms. The molecule has 6 heteroatoms. The minimum absolute atomic E-state index is 0.123. The highest BCUT2D eigenvalue weighted by Crippen LogP contribution is 2.34. The number of nitrogens with zero attached hydrogens (tertiary/aromatic N) is 1. The molecule has 5 nitrogen and oxygen atoms in total. The van der Waals surface area contributed by atoms with Crippen molar-refractivity contribution in [2.75, 3.05) is 6.54 Å². The zero-order chi connectivity index (χ0) is 14.5. The van der Waals surface area contributed by atoms with E-state index in [2.05, 4.69) is 5.32 Å². The standard InChI is InChI=1S/C14H16N2O3S/c1-10(17)8-15-9-11-6-7-14(20-11)12-4-2-3-5-13(12)16(18)19/h2-7,10,15,17H,8-9H2,1H3. The van der Waals surface area contributed by atoms with Gasteiger partial charge in [0, 0.05) is 28.9 Å². The molecule has 0 fully saturated rings. The van der Waals surface area contributed by atoms with Gasteiger partial charge in [0.25, 0.3) is 5.69 Å². The van der Waals surface area contributed by atoms with Gasteiger partial charge in [-0.15, -0.1) is 11.3 Å². The first-order chi connectivity index (χ1) is 9.58. The summed E-state index contributed by atoms with van der Waals surface area (Å²) in [6.45, 7) is 2.90. The van der Waals surface area contributed by atoms with Crippen LogP contribution in [0.15, 0.2) is 36.4 Å². The summed E-state index contributed by atoms with van der Waals surface area (Å²) in [5.41, 5.74) is 0.766. The lowest BCUT2D eigenvalue weighted by molar-refractivity contribution is -0.384. The molecule has 1 aromatic heterocycles. The maximum absolute atomic E-state index is 11.0. The summed E-state index contributed by atoms with van der Waals surface area (Å²) in [4.78, 5) is 12.6. The summed E-state index contributed by atoms with van der Waals surface area (Å²) in [7, 11) is 0. The summed E-state index contributed by atoms with van der Waals surface area (Å²) in [5, 5.41) is 23.3. The maximum atomic E-state index is 11.0. The Hall–Kier alpha value is -1.76. The van der Waals surface area contributed by atoms with E-state index >= 15 is 0 Å². The van der Waals surface area contributed by atoms with Crippen LogP contribution in [0.4, 0.5) is 5.69 Å². The molecule has 0 saturated heterocycles. The number of hydrogen-bond donors (Lipinski definition) is 2. The van der Waals surface area contributed by atoms with Gasteiger partial charge in [-0.2, -0.15) is 0 Å². The van der Waals surface area contributed by atoms with Crippen molar-refractivity contribution in [3.05, 3.63) is 51.4 Å². The Kier molecular flexibility index (Phi) is 4.84. The molecule has 1 unspecified atom stereocenters. The van der Waals surface area contributed by atoms with Crippen LogP contribution >= 0.6 is 11.3 Å². The van der Waals surface area contributed by atoms with E-state index in [1.807, 2.05) is 12.1 Å². The Bertz CT molecular complexity index is 596. The smallest absolute Gasteiger partial charge is 0.278 e. The number of nitrogens with one attached hydrogen (secondary N) is 1. The number of aliphatic hydroxyl groups is 1. The van der Waals surface area contributed by atoms with Crippen molar-refractivity contribution < 1.29 is 10.0 Å². The van der Waals surface area contributed by atoms with Crippen LogP contribution in [0.2, 0.25) is 0 Å². The zero-order valence-electron chi connectivity index (χ0n) is 11.1. The minimum Gasteiger partial charge on any atom is -0.392 e. The van der Waals surface area contributed by atoms with E-state index in [1.165, 1.54) is 17.4 Å². The van der Waals surface area contributed by atoms with Crippen LogP contribution in [0.25, 0.3) is 10.4 Å². The van der Waals surface area contributed by atoms with Crippen LogP contribution in [0.3, 0.4) is 0 Å². The lowest BCUT2D eigenvalue weighted by Gasteiger charge is -2.04. The molecule has 1 atom stereocenters. The molecule has 2 N–H and O–H groups in total. The van der Waals surface area contributed by atoms with Gasteiger partial charge in [0.2, 0.25) is 0 Å². The third-order valence-corrected chi connectivity index (χ3v) is 3.89. The van der Waals surface area contributed by atoms with Gasteiger partial charge in [0.1, 0.15) is 0 Å². The fraction of sp³-hybridized carbons (Fsp3) is 0.286. The first-order valence-electron chi connectivity index (χ1n) is 6.29. The van der Waals surface area contributed by atoms with Crippen molar-refractivity contribution in [2.24, 2.45) is 0 Å². The maximum Gasteiger partial charge on any atom is 0.278 e. The average molecular weight is 292 g/mol. The molecule has 0 amide bonds. The molecular weight excluding hydrogens is 276 g/mol. The molecule has 0 aliphatic rings. The second kappa shape index (κ2) is 6.60. The Morgan fingerprint density at radius 2 is 2.10 bits per heavy atom. The SMILES string of the molecule is CC(O)CNCc1ccc(-c2ccccc2[N+](=O)[O-])s1. The number of rotatable bonds is 6. The van der Waals surface area contributed by atoms with E-state index < -0.39 is 0 Å². The van der Waals surface area contributed by atoms with Crippen molar-refractivity contribution in [3.63, 3.8) is 0 Å². The van der Waals surface area contributed by atoms with Crippen LogP contribution in [0, 0.1) is 10.1 Å². The number of benzene rings is 1. The second-order valence-electron chi connectivity index (χ2n) is 4.52. The predicted octanol–water partition coefficient (Wildman–Crippen LogP) is 2.79. The van der Waals surface area contributed by atoms with Crippen molar-refractivity contribution >= 4 is 17.0 Å². The first-order valence-corrected chi connectivity index (χ1v) is 7.11. The normalized spacial score (nSPS) is 12.3. The number of nitro benzene ring substituents is 1. The van der Waals surface area contributed by atoms with Crippen LogP contribution in [-0.2, 0) is 6.54 Å². The number of hydrogen-bond acceptors (Lipinski definition) is 5. The Morgan fingerprint density at radius 3 is 2.80 bits per heavy atom. The largest absolute Gasteiger partial charge is 0.392 e. The van der Waals surface area contributed by atoms with Crippen LogP contribution in [0.1, 0.15) is 11.8 Å². The highest BCUT2D eigenvalue weighted by atomic mass is 32.1. The van der Waals surface area contributed by atoms with Crippen LogP contribution < -0.4 is 5.32 Å². The Morgan fingerprint density at radius 1 is 1.35 bits per heavy atom. The van der Waals surface area contributed by atoms with Gasteiger partial charge in [-0.25, -0.2) is 0 Å². The highest BCUT2D eigenvalue weighted by Gasteiger charge is 2.15. The molecule has 0 radical (unpaired) electrons. The molecule has 2 rings (SSSR count). The van der Waals surface area contributed by atoms with E-state index in [0.29, 0.717) is 18.7 Å². The van der Waals surface area contributed by atoms with Gasteiger partial charge in [0.15, 0.2) is 0 Å². The molecule has 1 aromatic carbocycles. The summed E-state index contributed by atoms with van der Waals surface area (Å²) in [6, 6.07) is 10.6. The molecule has 0 aliphatic heterocycles. The number of para-hydroxylation sites is 1. The Balaban J connectivity index is 2.15. The topological polar surface area (TPSA) is 75.4 Å². The fourth-order valence-electron chi connectivity index (χ4n) is 1.86. The van der Waals surface area contributed by atoms with Crippen molar-refractivity contribution in [3.8, 4) is 10.4 Å². The van der Waals surface area contributed by atoms with Crippen molar-refractivity contribution in [2.45, 2.75) is 19.6 Å². The monoisotopic (exact) mass is 292 g/mol. The van der Waals surface area contributed by atoms with Crippen LogP contribution in [-0.4, -0.2) is 22.7 Å². The van der Waals surface area contributed by atoms with Gasteiger partial charge in [-0.3, -0.25) is 10.1 Å². The second-order valence-corrected chi connectivity index (χ2v) is 5.69. The summed E-state index contributed by atoms with van der Waals surface area (Å²) >= 11 is 1.52. The van der Waals surface area contributed by atoms with Gasteiger partial charge >= 0.3 is 0 Å². The van der Waals surface area contributed by atoms with E-state index in [0.717, 1.165) is 9.75 Å². The summed E-state index contributed by atoms with van der Waals surface area (Å²) in [5.74, 6) is 0. The summed E-state index contributed by atoms with van der Waals surface area (Å²) < 4.78 is 0. The van der Waals surface area contributed by atoms with Gasteiger partial charge in [-0.1, -0.05) is 12.1 Å². The predicted molar refractivity (Wildman–Crippen MR) is 79.8 cm³/mol. The van der Waals surface area contributed by atoms with E-state index in [-0.39, 0.29) is 16.7 Å². The third-order valence-electron chi connectivity index (χ3n) is 2.77. The lowest BCUT2D eigenvalue weighted by Crippen LogP contribution is -2.23. The summed E-state index contributed by atoms with van der Waals surface area (Å²) in [6.07, 6.45) is -0.385. The molecule has 0 aliphatic carbocycles. The number of aliphatic hydroxyl groups excluding tert-OH is 1. The molecule has 106 valence electrons. The minimum atomic E-state index is -0.385. The zero-order valence-corrected chi connectivity index (χ0v) is 11.9. The fourth-order valence-corrected chi connectivity index (χ4v) is 2.87. The van der Waals surface area contributed by atoms with E-state index in [4.69, 9.17) is 0 Å². The van der Waals surface area contributed by atoms with Crippen molar-refractivity contribution in [1.82, 2.24) is 5.32 Å². The average Bonchev–Trinajstić information content (AvgIpc) is 2.87. The number of thiophene rings is 1. The molecule has 2 aromatic rings. The van der Waals surface area contributed by atoms with Gasteiger partial charge < -0.3 is 10.4 Å². The van der Waals surface area contributed by atoms with Gasteiger partial charge in [-0.05, 0) is 25.1 Å². The molecular formula is C14H16N2O3S. The molecule has 1 heterocycles. The molecule has 0 saturated carbocycles. The third kappa shape index (κ3) is 3.63. The van der Waals surface area contributed by atoms with Crippen LogP contribution in [0.5, 0.6) is 0 Å². The Labute approximate surface area is 121 Å². The van der Waals surface area contributed by atoms with Crippen molar-refractivity contribution in [1.29, 1.82) is 0 Å². The van der Waals surface area contributed by atoms with Gasteiger partial charge in [0.05, 0.1) is 16.6 Å². The lowest BCUT2D eigenvalue weighted by atomic mass is 10.1. The highest BCUT2D eigenvalue weighted by molar-refractivity contribution is 7.15. The van der Waals surface area contributed by atoms with E-state index in [1.54, 1.807) is 25.1 Å². The van der Waals surface area contributed by atoms with E-state index in [9.17, 15) is 15.2 Å². The molecule has 20 heavy (non-hydrogen) atoms. The number of nitro groups is 1.